The maximum Gasteiger partial charge on any atom is 0.291 e. The van der Waals surface area contributed by atoms with Gasteiger partial charge in [-0.15, -0.1) is 0 Å². The second-order valence-corrected chi connectivity index (χ2v) is 7.71. The molecule has 0 atom stereocenters. The van der Waals surface area contributed by atoms with Crippen LogP contribution in [0.1, 0.15) is 5.76 Å². The van der Waals surface area contributed by atoms with E-state index in [2.05, 4.69) is 10.1 Å². The molecule has 0 spiro atoms. The molecule has 10 heteroatoms. The van der Waals surface area contributed by atoms with Gasteiger partial charge in [0.25, 0.3) is 5.56 Å². The molecule has 0 unspecified atom stereocenters. The molecule has 8 nitrogen and oxygen atoms in total. The van der Waals surface area contributed by atoms with Gasteiger partial charge in [-0.1, -0.05) is 11.3 Å². The molecule has 1 aromatic carbocycles. The van der Waals surface area contributed by atoms with Crippen LogP contribution >= 0.6 is 11.3 Å². The molecule has 4 aromatic rings. The van der Waals surface area contributed by atoms with E-state index < -0.39 is 10.0 Å². The van der Waals surface area contributed by atoms with E-state index in [-0.39, 0.29) is 10.5 Å². The number of furan rings is 1. The van der Waals surface area contributed by atoms with E-state index in [9.17, 15) is 13.2 Å². The fourth-order valence-corrected chi connectivity index (χ4v) is 3.68. The lowest BCUT2D eigenvalue weighted by Gasteiger charge is -2.00. The van der Waals surface area contributed by atoms with Gasteiger partial charge in [-0.3, -0.25) is 4.79 Å². The number of hydrogen-bond donors (Lipinski definition) is 1. The first-order valence-corrected chi connectivity index (χ1v) is 9.35. The second-order valence-electron chi connectivity index (χ2n) is 5.14. The number of aromatic nitrogens is 3. The smallest absolute Gasteiger partial charge is 0.291 e. The predicted octanol–water partition coefficient (Wildman–Crippen LogP) is 0.606. The maximum atomic E-state index is 12.1. The van der Waals surface area contributed by atoms with E-state index in [1.54, 1.807) is 30.3 Å². The van der Waals surface area contributed by atoms with Gasteiger partial charge in [0.2, 0.25) is 15.0 Å². The zero-order chi connectivity index (χ0) is 17.6. The van der Waals surface area contributed by atoms with Crippen LogP contribution in [0.4, 0.5) is 0 Å². The molecule has 4 rings (SSSR count). The summed E-state index contributed by atoms with van der Waals surface area (Å²) in [5.74, 6) is 1.03. The summed E-state index contributed by atoms with van der Waals surface area (Å²) in [5, 5.41) is 8.93. The first-order valence-electron chi connectivity index (χ1n) is 6.99. The van der Waals surface area contributed by atoms with Gasteiger partial charge in [0.05, 0.1) is 4.90 Å². The highest BCUT2D eigenvalue weighted by Crippen LogP contribution is 2.23. The van der Waals surface area contributed by atoms with Gasteiger partial charge in [-0.2, -0.15) is 9.61 Å². The summed E-state index contributed by atoms with van der Waals surface area (Å²) in [7, 11) is -3.73. The van der Waals surface area contributed by atoms with Gasteiger partial charge in [-0.05, 0) is 36.4 Å². The zero-order valence-corrected chi connectivity index (χ0v) is 14.1. The van der Waals surface area contributed by atoms with E-state index >= 15 is 0 Å². The Bertz CT molecular complexity index is 1280. The number of hydrogen-bond acceptors (Lipinski definition) is 7. The largest absolute Gasteiger partial charge is 0.457 e. The lowest BCUT2D eigenvalue weighted by atomic mass is 10.2. The summed E-state index contributed by atoms with van der Waals surface area (Å²) >= 11 is 1.22. The third-order valence-electron chi connectivity index (χ3n) is 3.49. The van der Waals surface area contributed by atoms with Crippen LogP contribution in [0.25, 0.3) is 22.4 Å². The van der Waals surface area contributed by atoms with Crippen LogP contribution in [0, 0.1) is 0 Å². The number of benzene rings is 1. The topological polar surface area (TPSA) is 121 Å². The Hall–Kier alpha value is -2.82. The summed E-state index contributed by atoms with van der Waals surface area (Å²) in [4.78, 5) is 16.7. The van der Waals surface area contributed by atoms with Crippen molar-refractivity contribution >= 4 is 32.4 Å². The van der Waals surface area contributed by atoms with Crippen molar-refractivity contribution in [2.75, 3.05) is 0 Å². The second kappa shape index (κ2) is 5.62. The first-order chi connectivity index (χ1) is 11.9. The van der Waals surface area contributed by atoms with Crippen LogP contribution in [-0.4, -0.2) is 23.0 Å². The Morgan fingerprint density at radius 1 is 1.16 bits per heavy atom. The lowest BCUT2D eigenvalue weighted by Crippen LogP contribution is -2.23. The van der Waals surface area contributed by atoms with E-state index in [0.717, 1.165) is 0 Å². The highest BCUT2D eigenvalue weighted by molar-refractivity contribution is 7.89. The third-order valence-corrected chi connectivity index (χ3v) is 5.39. The predicted molar refractivity (Wildman–Crippen MR) is 91.4 cm³/mol. The minimum absolute atomic E-state index is 0.0278. The summed E-state index contributed by atoms with van der Waals surface area (Å²) < 4.78 is 30.0. The van der Waals surface area contributed by atoms with Crippen molar-refractivity contribution in [2.24, 2.45) is 5.14 Å². The Kier molecular flexibility index (Phi) is 3.53. The van der Waals surface area contributed by atoms with Crippen molar-refractivity contribution < 1.29 is 12.8 Å². The molecular weight excluding hydrogens is 364 g/mol. The first kappa shape index (κ1) is 15.7. The molecule has 0 radical (unpaired) electrons. The maximum absolute atomic E-state index is 12.1. The lowest BCUT2D eigenvalue weighted by molar-refractivity contribution is 0.571. The number of thiazole rings is 1. The van der Waals surface area contributed by atoms with Crippen LogP contribution in [0.3, 0.4) is 0 Å². The van der Waals surface area contributed by atoms with Crippen LogP contribution < -0.4 is 15.2 Å². The standard InChI is InChI=1S/C15H10N4O4S2/c16-25(21,22)11-4-1-9(2-5-11)12-6-3-10(23-12)7-13-14(20)19-15(24-13)17-8-18-19/h1-8H,(H2,16,21,22)/b13-7-. The van der Waals surface area contributed by atoms with Gasteiger partial charge in [0, 0.05) is 11.6 Å². The van der Waals surface area contributed by atoms with Crippen molar-refractivity contribution in [1.29, 1.82) is 0 Å². The zero-order valence-electron chi connectivity index (χ0n) is 12.5. The van der Waals surface area contributed by atoms with Crippen LogP contribution in [0.15, 0.2) is 56.8 Å². The molecule has 0 aliphatic carbocycles. The molecule has 25 heavy (non-hydrogen) atoms. The highest BCUT2D eigenvalue weighted by Gasteiger charge is 2.10. The van der Waals surface area contributed by atoms with E-state index in [1.807, 2.05) is 0 Å². The third kappa shape index (κ3) is 2.86. The minimum atomic E-state index is -3.73. The fraction of sp³-hybridized carbons (Fsp3) is 0. The molecule has 3 aromatic heterocycles. The fourth-order valence-electron chi connectivity index (χ4n) is 2.30. The summed E-state index contributed by atoms with van der Waals surface area (Å²) in [6, 6.07) is 9.48. The number of nitrogens with zero attached hydrogens (tertiary/aromatic N) is 3. The molecule has 0 saturated heterocycles. The van der Waals surface area contributed by atoms with Gasteiger partial charge in [-0.25, -0.2) is 18.5 Å². The number of primary sulfonamides is 1. The van der Waals surface area contributed by atoms with Gasteiger partial charge < -0.3 is 4.42 Å². The van der Waals surface area contributed by atoms with Gasteiger partial charge >= 0.3 is 0 Å². The van der Waals surface area contributed by atoms with Gasteiger partial charge in [0.1, 0.15) is 22.4 Å². The Balaban J connectivity index is 1.70. The molecule has 2 N–H and O–H groups in total. The molecule has 0 aliphatic heterocycles. The highest BCUT2D eigenvalue weighted by atomic mass is 32.2. The molecule has 126 valence electrons. The molecule has 3 heterocycles. The number of rotatable bonds is 3. The summed E-state index contributed by atoms with van der Waals surface area (Å²) in [5.41, 5.74) is 0.435. The number of nitrogens with two attached hydrogens (primary N) is 1. The van der Waals surface area contributed by atoms with Crippen molar-refractivity contribution in [3.05, 3.63) is 63.4 Å². The summed E-state index contributed by atoms with van der Waals surface area (Å²) in [6.07, 6.45) is 2.94. The van der Waals surface area contributed by atoms with Crippen molar-refractivity contribution in [2.45, 2.75) is 4.90 Å². The van der Waals surface area contributed by atoms with Gasteiger partial charge in [0.15, 0.2) is 0 Å². The molecule has 0 bridgehead atoms. The van der Waals surface area contributed by atoms with E-state index in [4.69, 9.17) is 9.56 Å². The van der Waals surface area contributed by atoms with Crippen LogP contribution in [0.5, 0.6) is 0 Å². The quantitative estimate of drug-likeness (QED) is 0.561. The average molecular weight is 374 g/mol. The van der Waals surface area contributed by atoms with E-state index in [1.165, 1.54) is 34.3 Å². The molecule has 0 aliphatic rings. The molecular formula is C15H10N4O4S2. The van der Waals surface area contributed by atoms with Crippen molar-refractivity contribution in [3.63, 3.8) is 0 Å². The summed E-state index contributed by atoms with van der Waals surface area (Å²) in [6.45, 7) is 0. The Labute approximate surface area is 144 Å². The number of fused-ring (bicyclic) bond motifs is 1. The normalized spacial score (nSPS) is 12.9. The molecule has 0 saturated carbocycles. The van der Waals surface area contributed by atoms with E-state index in [0.29, 0.717) is 26.6 Å². The number of sulfonamides is 1. The molecule has 0 amide bonds. The Morgan fingerprint density at radius 2 is 1.92 bits per heavy atom. The average Bonchev–Trinajstić information content (AvgIpc) is 3.27. The van der Waals surface area contributed by atoms with Crippen LogP contribution in [0.2, 0.25) is 0 Å². The van der Waals surface area contributed by atoms with Crippen molar-refractivity contribution in [1.82, 2.24) is 14.6 Å². The SMILES string of the molecule is NS(=O)(=O)c1ccc(-c2ccc(/C=c3\sc4ncnn4c3=O)o2)cc1. The monoisotopic (exact) mass is 374 g/mol. The minimum Gasteiger partial charge on any atom is -0.457 e. The molecule has 0 fully saturated rings. The van der Waals surface area contributed by atoms with Crippen LogP contribution in [-0.2, 0) is 10.0 Å². The Morgan fingerprint density at radius 3 is 2.60 bits per heavy atom. The van der Waals surface area contributed by atoms with Crippen molar-refractivity contribution in [3.8, 4) is 11.3 Å².